The van der Waals surface area contributed by atoms with E-state index in [2.05, 4.69) is 0 Å². The minimum absolute atomic E-state index is 0.00324. The maximum Gasteiger partial charge on any atom is 0.194 e. The summed E-state index contributed by atoms with van der Waals surface area (Å²) >= 11 is 0. The molecule has 0 unspecified atom stereocenters. The molecule has 0 bridgehead atoms. The van der Waals surface area contributed by atoms with Gasteiger partial charge in [-0.15, -0.1) is 0 Å². The van der Waals surface area contributed by atoms with E-state index in [0.29, 0.717) is 17.7 Å². The van der Waals surface area contributed by atoms with Crippen LogP contribution in [0.3, 0.4) is 0 Å². The van der Waals surface area contributed by atoms with Crippen LogP contribution in [0.2, 0.25) is 0 Å². The van der Waals surface area contributed by atoms with Crippen LogP contribution in [-0.2, 0) is 11.3 Å². The number of aryl methyl sites for hydroxylation is 1. The summed E-state index contributed by atoms with van der Waals surface area (Å²) in [5, 5.41) is 0. The van der Waals surface area contributed by atoms with Crippen molar-refractivity contribution < 1.29 is 9.59 Å². The maximum atomic E-state index is 12.4. The summed E-state index contributed by atoms with van der Waals surface area (Å²) in [5.41, 5.74) is 3.13. The van der Waals surface area contributed by atoms with Gasteiger partial charge in [0.05, 0.1) is 6.54 Å². The van der Waals surface area contributed by atoms with Crippen molar-refractivity contribution in [3.05, 3.63) is 58.9 Å². The Hall–Kier alpha value is -2.16. The van der Waals surface area contributed by atoms with Crippen molar-refractivity contribution in [2.75, 3.05) is 0 Å². The van der Waals surface area contributed by atoms with E-state index < -0.39 is 0 Å². The third-order valence-corrected chi connectivity index (χ3v) is 3.24. The van der Waals surface area contributed by atoms with Gasteiger partial charge >= 0.3 is 0 Å². The summed E-state index contributed by atoms with van der Waals surface area (Å²) in [6.07, 6.45) is 0. The van der Waals surface area contributed by atoms with Gasteiger partial charge in [-0.2, -0.15) is 0 Å². The van der Waals surface area contributed by atoms with Crippen molar-refractivity contribution in [1.82, 2.24) is 4.57 Å². The van der Waals surface area contributed by atoms with E-state index >= 15 is 0 Å². The molecule has 2 rings (SSSR count). The minimum atomic E-state index is 0.00324. The number of carbonyl (C=O) groups is 2. The van der Waals surface area contributed by atoms with Gasteiger partial charge in [0.1, 0.15) is 5.78 Å². The summed E-state index contributed by atoms with van der Waals surface area (Å²) < 4.78 is 1.89. The summed E-state index contributed by atoms with van der Waals surface area (Å²) in [6, 6.07) is 11.0. The van der Waals surface area contributed by atoms with Gasteiger partial charge in [0.15, 0.2) is 5.78 Å². The number of Topliss-reactive ketones (excluding diaryl/α,β-unsaturated/α-hetero) is 1. The van der Waals surface area contributed by atoms with Gasteiger partial charge in [0.25, 0.3) is 0 Å². The first kappa shape index (κ1) is 13.3. The Morgan fingerprint density at radius 2 is 1.74 bits per heavy atom. The average molecular weight is 255 g/mol. The Balaban J connectivity index is 2.42. The number of hydrogen-bond donors (Lipinski definition) is 0. The second kappa shape index (κ2) is 5.22. The molecule has 0 saturated carbocycles. The molecule has 0 amide bonds. The first-order valence-electron chi connectivity index (χ1n) is 6.26. The molecule has 0 aliphatic rings. The monoisotopic (exact) mass is 255 g/mol. The molecule has 0 aliphatic carbocycles. The lowest BCUT2D eigenvalue weighted by atomic mass is 10.0. The summed E-state index contributed by atoms with van der Waals surface area (Å²) in [5.74, 6) is 0.0870. The molecule has 0 atom stereocenters. The largest absolute Gasteiger partial charge is 0.341 e. The first-order valence-corrected chi connectivity index (χ1v) is 6.26. The van der Waals surface area contributed by atoms with Crippen LogP contribution < -0.4 is 0 Å². The fraction of sp³-hybridized carbons (Fsp3) is 0.250. The topological polar surface area (TPSA) is 39.1 Å². The van der Waals surface area contributed by atoms with Crippen molar-refractivity contribution >= 4 is 11.6 Å². The standard InChI is InChI=1S/C16H17NO2/c1-11-9-15(13(3)17(11)10-12(2)18)16(19)14-7-5-4-6-8-14/h4-9H,10H2,1-3H3. The van der Waals surface area contributed by atoms with Crippen molar-refractivity contribution in [2.45, 2.75) is 27.3 Å². The molecule has 2 aromatic rings. The number of rotatable bonds is 4. The van der Waals surface area contributed by atoms with E-state index in [1.165, 1.54) is 0 Å². The van der Waals surface area contributed by atoms with Crippen LogP contribution in [0.15, 0.2) is 36.4 Å². The predicted molar refractivity (Wildman–Crippen MR) is 74.5 cm³/mol. The van der Waals surface area contributed by atoms with Gasteiger partial charge < -0.3 is 4.57 Å². The summed E-state index contributed by atoms with van der Waals surface area (Å²) in [6.45, 7) is 5.67. The Bertz CT molecular complexity index is 624. The average Bonchev–Trinajstić information content (AvgIpc) is 2.66. The highest BCUT2D eigenvalue weighted by Gasteiger charge is 2.17. The lowest BCUT2D eigenvalue weighted by molar-refractivity contribution is -0.117. The molecular formula is C16H17NO2. The van der Waals surface area contributed by atoms with Gasteiger partial charge in [-0.3, -0.25) is 9.59 Å². The van der Waals surface area contributed by atoms with Gasteiger partial charge in [-0.1, -0.05) is 30.3 Å². The van der Waals surface area contributed by atoms with Crippen molar-refractivity contribution in [3.8, 4) is 0 Å². The zero-order valence-corrected chi connectivity index (χ0v) is 11.4. The molecule has 19 heavy (non-hydrogen) atoms. The number of hydrogen-bond acceptors (Lipinski definition) is 2. The van der Waals surface area contributed by atoms with Crippen LogP contribution >= 0.6 is 0 Å². The van der Waals surface area contributed by atoms with Gasteiger partial charge in [0.2, 0.25) is 0 Å². The van der Waals surface area contributed by atoms with Crippen LogP contribution in [-0.4, -0.2) is 16.1 Å². The molecular weight excluding hydrogens is 238 g/mol. The molecule has 1 heterocycles. The van der Waals surface area contributed by atoms with Crippen LogP contribution in [0.1, 0.15) is 34.2 Å². The van der Waals surface area contributed by atoms with Crippen molar-refractivity contribution in [3.63, 3.8) is 0 Å². The molecule has 0 radical (unpaired) electrons. The molecule has 3 heteroatoms. The quantitative estimate of drug-likeness (QED) is 0.788. The van der Waals surface area contributed by atoms with E-state index in [1.807, 2.05) is 42.7 Å². The zero-order chi connectivity index (χ0) is 14.0. The lowest BCUT2D eigenvalue weighted by Gasteiger charge is -2.07. The second-order valence-corrected chi connectivity index (χ2v) is 4.77. The normalized spacial score (nSPS) is 10.5. The highest BCUT2D eigenvalue weighted by molar-refractivity contribution is 6.09. The van der Waals surface area contributed by atoms with E-state index in [-0.39, 0.29) is 11.6 Å². The molecule has 1 aromatic heterocycles. The van der Waals surface area contributed by atoms with Crippen LogP contribution in [0.25, 0.3) is 0 Å². The Labute approximate surface area is 112 Å². The molecule has 3 nitrogen and oxygen atoms in total. The van der Waals surface area contributed by atoms with Gasteiger partial charge in [-0.05, 0) is 26.8 Å². The summed E-state index contributed by atoms with van der Waals surface area (Å²) in [7, 11) is 0. The lowest BCUT2D eigenvalue weighted by Crippen LogP contribution is -2.10. The number of ketones is 2. The maximum absolute atomic E-state index is 12.4. The molecule has 0 spiro atoms. The predicted octanol–water partition coefficient (Wildman–Crippen LogP) is 2.92. The number of benzene rings is 1. The van der Waals surface area contributed by atoms with Gasteiger partial charge in [-0.25, -0.2) is 0 Å². The molecule has 0 N–H and O–H groups in total. The zero-order valence-electron chi connectivity index (χ0n) is 11.4. The molecule has 0 saturated heterocycles. The fourth-order valence-corrected chi connectivity index (χ4v) is 2.24. The number of aromatic nitrogens is 1. The third kappa shape index (κ3) is 2.65. The number of carbonyl (C=O) groups excluding carboxylic acids is 2. The van der Waals surface area contributed by atoms with Gasteiger partial charge in [0, 0.05) is 22.5 Å². The van der Waals surface area contributed by atoms with E-state index in [0.717, 1.165) is 11.4 Å². The van der Waals surface area contributed by atoms with Crippen LogP contribution in [0, 0.1) is 13.8 Å². The van der Waals surface area contributed by atoms with Crippen molar-refractivity contribution in [1.29, 1.82) is 0 Å². The SMILES string of the molecule is CC(=O)Cn1c(C)cc(C(=O)c2ccccc2)c1C. The smallest absolute Gasteiger partial charge is 0.194 e. The van der Waals surface area contributed by atoms with E-state index in [9.17, 15) is 9.59 Å². The third-order valence-electron chi connectivity index (χ3n) is 3.24. The molecule has 0 fully saturated rings. The Morgan fingerprint density at radius 3 is 2.32 bits per heavy atom. The molecule has 1 aromatic carbocycles. The Morgan fingerprint density at radius 1 is 1.11 bits per heavy atom. The summed E-state index contributed by atoms with van der Waals surface area (Å²) in [4.78, 5) is 23.7. The van der Waals surface area contributed by atoms with E-state index in [4.69, 9.17) is 0 Å². The van der Waals surface area contributed by atoms with Crippen LogP contribution in [0.5, 0.6) is 0 Å². The minimum Gasteiger partial charge on any atom is -0.341 e. The highest BCUT2D eigenvalue weighted by Crippen LogP contribution is 2.19. The Kier molecular flexibility index (Phi) is 3.65. The highest BCUT2D eigenvalue weighted by atomic mass is 16.1. The molecule has 98 valence electrons. The number of nitrogens with zero attached hydrogens (tertiary/aromatic N) is 1. The van der Waals surface area contributed by atoms with Crippen LogP contribution in [0.4, 0.5) is 0 Å². The molecule has 0 aliphatic heterocycles. The fourth-order valence-electron chi connectivity index (χ4n) is 2.24. The van der Waals surface area contributed by atoms with E-state index in [1.54, 1.807) is 19.1 Å². The first-order chi connectivity index (χ1) is 9.00. The second-order valence-electron chi connectivity index (χ2n) is 4.77. The van der Waals surface area contributed by atoms with Crippen molar-refractivity contribution in [2.24, 2.45) is 0 Å².